The summed E-state index contributed by atoms with van der Waals surface area (Å²) in [5.41, 5.74) is 2.24. The number of benzene rings is 1. The van der Waals surface area contributed by atoms with E-state index in [0.717, 1.165) is 17.5 Å². The monoisotopic (exact) mass is 319 g/mol. The van der Waals surface area contributed by atoms with Crippen LogP contribution in [0.15, 0.2) is 23.0 Å². The zero-order chi connectivity index (χ0) is 17.6. The van der Waals surface area contributed by atoms with Gasteiger partial charge in [0.15, 0.2) is 0 Å². The van der Waals surface area contributed by atoms with Crippen molar-refractivity contribution in [3.8, 4) is 0 Å². The molecule has 2 aromatic rings. The van der Waals surface area contributed by atoms with Gasteiger partial charge in [0.1, 0.15) is 6.04 Å². The van der Waals surface area contributed by atoms with E-state index in [2.05, 4.69) is 5.32 Å². The van der Waals surface area contributed by atoms with Gasteiger partial charge in [-0.15, -0.1) is 0 Å². The molecule has 23 heavy (non-hydrogen) atoms. The van der Waals surface area contributed by atoms with Crippen molar-refractivity contribution in [2.45, 2.75) is 46.6 Å². The number of aryl methyl sites for hydroxylation is 2. The zero-order valence-corrected chi connectivity index (χ0v) is 14.4. The SMILES string of the molecule is CC.CCCC(C(=O)NC=O)n1c(=O)n(C)c2c(C)cccc21. The van der Waals surface area contributed by atoms with Crippen LogP contribution in [-0.2, 0) is 16.6 Å². The number of nitrogens with one attached hydrogen (secondary N) is 1. The quantitative estimate of drug-likeness (QED) is 0.859. The summed E-state index contributed by atoms with van der Waals surface area (Å²) < 4.78 is 3.02. The van der Waals surface area contributed by atoms with Crippen LogP contribution in [-0.4, -0.2) is 21.5 Å². The van der Waals surface area contributed by atoms with Crippen LogP contribution >= 0.6 is 0 Å². The Balaban J connectivity index is 0.00000127. The number of carbonyl (C=O) groups excluding carboxylic acids is 2. The molecule has 6 nitrogen and oxygen atoms in total. The number of aromatic nitrogens is 2. The van der Waals surface area contributed by atoms with Gasteiger partial charge in [0.2, 0.25) is 12.3 Å². The van der Waals surface area contributed by atoms with Crippen molar-refractivity contribution in [1.29, 1.82) is 0 Å². The molecule has 1 atom stereocenters. The average Bonchev–Trinajstić information content (AvgIpc) is 2.80. The minimum Gasteiger partial charge on any atom is -0.297 e. The standard InChI is InChI=1S/C15H19N3O3.C2H6/c1-4-6-12(14(20)16-9-19)18-11-8-5-7-10(2)13(11)17(3)15(18)21;1-2/h5,7-9,12H,4,6H2,1-3H3,(H,16,19,20);1-2H3. The number of hydrogen-bond donors (Lipinski definition) is 1. The van der Waals surface area contributed by atoms with Gasteiger partial charge in [-0.25, -0.2) is 4.79 Å². The number of hydrogen-bond acceptors (Lipinski definition) is 3. The molecule has 126 valence electrons. The first-order valence-electron chi connectivity index (χ1n) is 7.93. The summed E-state index contributed by atoms with van der Waals surface area (Å²) in [7, 11) is 1.69. The second-order valence-electron chi connectivity index (χ2n) is 5.09. The molecular weight excluding hydrogens is 294 g/mol. The van der Waals surface area contributed by atoms with Crippen molar-refractivity contribution in [3.63, 3.8) is 0 Å². The Morgan fingerprint density at radius 1 is 1.35 bits per heavy atom. The normalized spacial score (nSPS) is 11.5. The van der Waals surface area contributed by atoms with E-state index in [1.807, 2.05) is 45.9 Å². The van der Waals surface area contributed by atoms with Gasteiger partial charge in [0, 0.05) is 7.05 Å². The summed E-state index contributed by atoms with van der Waals surface area (Å²) in [5, 5.41) is 2.16. The van der Waals surface area contributed by atoms with Crippen LogP contribution in [0.1, 0.15) is 45.2 Å². The number of imidazole rings is 1. The fourth-order valence-electron chi connectivity index (χ4n) is 2.74. The lowest BCUT2D eigenvalue weighted by molar-refractivity contribution is -0.128. The van der Waals surface area contributed by atoms with Gasteiger partial charge in [0.05, 0.1) is 11.0 Å². The number of rotatable bonds is 5. The largest absolute Gasteiger partial charge is 0.329 e. The molecule has 0 bridgehead atoms. The topological polar surface area (TPSA) is 73.1 Å². The molecular formula is C17H25N3O3. The van der Waals surface area contributed by atoms with Gasteiger partial charge in [-0.1, -0.05) is 39.3 Å². The lowest BCUT2D eigenvalue weighted by Gasteiger charge is -2.16. The fourth-order valence-corrected chi connectivity index (χ4v) is 2.74. The second kappa shape index (κ2) is 8.31. The highest BCUT2D eigenvalue weighted by molar-refractivity contribution is 5.90. The maximum Gasteiger partial charge on any atom is 0.329 e. The third kappa shape index (κ3) is 3.52. The first-order valence-corrected chi connectivity index (χ1v) is 7.93. The number of amides is 2. The Bertz CT molecular complexity index is 743. The van der Waals surface area contributed by atoms with Crippen molar-refractivity contribution >= 4 is 23.4 Å². The van der Waals surface area contributed by atoms with Crippen molar-refractivity contribution in [2.24, 2.45) is 7.05 Å². The van der Waals surface area contributed by atoms with Crippen LogP contribution in [0.5, 0.6) is 0 Å². The molecule has 0 spiro atoms. The van der Waals surface area contributed by atoms with E-state index in [1.165, 1.54) is 4.57 Å². The van der Waals surface area contributed by atoms with Gasteiger partial charge < -0.3 is 0 Å². The van der Waals surface area contributed by atoms with Crippen LogP contribution < -0.4 is 11.0 Å². The highest BCUT2D eigenvalue weighted by Gasteiger charge is 2.25. The number of fused-ring (bicyclic) bond motifs is 1. The van der Waals surface area contributed by atoms with E-state index < -0.39 is 11.9 Å². The molecule has 0 radical (unpaired) electrons. The van der Waals surface area contributed by atoms with Crippen molar-refractivity contribution in [3.05, 3.63) is 34.2 Å². The van der Waals surface area contributed by atoms with Gasteiger partial charge in [-0.2, -0.15) is 0 Å². The van der Waals surface area contributed by atoms with Gasteiger partial charge in [0.25, 0.3) is 0 Å². The zero-order valence-electron chi connectivity index (χ0n) is 14.4. The number of carbonyl (C=O) groups is 2. The highest BCUT2D eigenvalue weighted by atomic mass is 16.2. The Labute approximate surface area is 136 Å². The third-order valence-corrected chi connectivity index (χ3v) is 3.68. The smallest absolute Gasteiger partial charge is 0.297 e. The van der Waals surface area contributed by atoms with Crippen molar-refractivity contribution in [1.82, 2.24) is 14.5 Å². The second-order valence-corrected chi connectivity index (χ2v) is 5.09. The summed E-state index contributed by atoms with van der Waals surface area (Å²) in [6.07, 6.45) is 1.57. The molecule has 1 N–H and O–H groups in total. The summed E-state index contributed by atoms with van der Waals surface area (Å²) in [6.45, 7) is 7.86. The van der Waals surface area contributed by atoms with E-state index in [-0.39, 0.29) is 5.69 Å². The van der Waals surface area contributed by atoms with Crippen molar-refractivity contribution < 1.29 is 9.59 Å². The van der Waals surface area contributed by atoms with Crippen molar-refractivity contribution in [2.75, 3.05) is 0 Å². The minimum atomic E-state index is -0.682. The van der Waals surface area contributed by atoms with E-state index in [9.17, 15) is 14.4 Å². The van der Waals surface area contributed by atoms with E-state index >= 15 is 0 Å². The van der Waals surface area contributed by atoms with E-state index in [1.54, 1.807) is 11.6 Å². The Hall–Kier alpha value is -2.37. The first-order chi connectivity index (χ1) is 11.0. The lowest BCUT2D eigenvalue weighted by atomic mass is 10.1. The van der Waals surface area contributed by atoms with Crippen LogP contribution in [0, 0.1) is 6.92 Å². The Morgan fingerprint density at radius 3 is 2.57 bits per heavy atom. The van der Waals surface area contributed by atoms with Crippen LogP contribution in [0.2, 0.25) is 0 Å². The molecule has 0 aliphatic heterocycles. The molecule has 1 aromatic carbocycles. The molecule has 0 aliphatic rings. The summed E-state index contributed by atoms with van der Waals surface area (Å²) >= 11 is 0. The Kier molecular flexibility index (Phi) is 6.75. The molecule has 1 aromatic heterocycles. The predicted molar refractivity (Wildman–Crippen MR) is 91.4 cm³/mol. The molecule has 1 unspecified atom stereocenters. The van der Waals surface area contributed by atoms with E-state index in [4.69, 9.17) is 0 Å². The third-order valence-electron chi connectivity index (χ3n) is 3.68. The highest BCUT2D eigenvalue weighted by Crippen LogP contribution is 2.22. The van der Waals surface area contributed by atoms with Gasteiger partial charge in [-0.05, 0) is 25.0 Å². The number of nitrogens with zero attached hydrogens (tertiary/aromatic N) is 2. The Morgan fingerprint density at radius 2 is 2.00 bits per heavy atom. The fraction of sp³-hybridized carbons (Fsp3) is 0.471. The van der Waals surface area contributed by atoms with E-state index in [0.29, 0.717) is 18.3 Å². The number of para-hydroxylation sites is 1. The van der Waals surface area contributed by atoms with Gasteiger partial charge >= 0.3 is 5.69 Å². The summed E-state index contributed by atoms with van der Waals surface area (Å²) in [5.74, 6) is -0.456. The molecule has 0 saturated heterocycles. The minimum absolute atomic E-state index is 0.251. The van der Waals surface area contributed by atoms with Crippen LogP contribution in [0.25, 0.3) is 11.0 Å². The number of imide groups is 1. The molecule has 0 saturated carbocycles. The maximum absolute atomic E-state index is 12.5. The average molecular weight is 319 g/mol. The van der Waals surface area contributed by atoms with Crippen LogP contribution in [0.4, 0.5) is 0 Å². The first kappa shape index (κ1) is 18.7. The summed E-state index contributed by atoms with van der Waals surface area (Å²) in [6, 6.07) is 4.92. The molecule has 2 rings (SSSR count). The predicted octanol–water partition coefficient (Wildman–Crippen LogP) is 2.29. The van der Waals surface area contributed by atoms with Crippen LogP contribution in [0.3, 0.4) is 0 Å². The summed E-state index contributed by atoms with van der Waals surface area (Å²) in [4.78, 5) is 35.2. The molecule has 6 heteroatoms. The maximum atomic E-state index is 12.5. The lowest BCUT2D eigenvalue weighted by Crippen LogP contribution is -2.36. The molecule has 0 fully saturated rings. The molecule has 1 heterocycles. The molecule has 0 aliphatic carbocycles. The van der Waals surface area contributed by atoms with Gasteiger partial charge in [-0.3, -0.25) is 24.0 Å². The molecule has 2 amide bonds.